The van der Waals surface area contributed by atoms with Crippen molar-refractivity contribution in [1.82, 2.24) is 15.2 Å². The van der Waals surface area contributed by atoms with Crippen LogP contribution in [0.5, 0.6) is 0 Å². The second-order valence-corrected chi connectivity index (χ2v) is 9.49. The maximum absolute atomic E-state index is 12.7. The van der Waals surface area contributed by atoms with Gasteiger partial charge in [-0.05, 0) is 49.8 Å². The number of thioether (sulfide) groups is 1. The van der Waals surface area contributed by atoms with Gasteiger partial charge in [0.1, 0.15) is 0 Å². The molecule has 0 unspecified atom stereocenters. The second-order valence-electron chi connectivity index (χ2n) is 7.66. The van der Waals surface area contributed by atoms with E-state index in [4.69, 9.17) is 9.72 Å². The normalized spacial score (nSPS) is 14.6. The minimum Gasteiger partial charge on any atom is -0.380 e. The lowest BCUT2D eigenvalue weighted by Crippen LogP contribution is -2.39. The van der Waals surface area contributed by atoms with E-state index in [2.05, 4.69) is 17.6 Å². The van der Waals surface area contributed by atoms with Gasteiger partial charge in [0.05, 0.1) is 23.6 Å². The zero-order chi connectivity index (χ0) is 22.1. The molecule has 1 N–H and O–H groups in total. The molecular formula is C23H31N3O3S2. The number of nitrogens with one attached hydrogen (secondary N) is 1. The van der Waals surface area contributed by atoms with E-state index in [1.807, 2.05) is 35.4 Å². The average Bonchev–Trinajstić information content (AvgIpc) is 3.31. The van der Waals surface area contributed by atoms with Crippen molar-refractivity contribution in [3.8, 4) is 0 Å². The fourth-order valence-electron chi connectivity index (χ4n) is 3.63. The van der Waals surface area contributed by atoms with Crippen LogP contribution in [0.15, 0.2) is 33.9 Å². The van der Waals surface area contributed by atoms with E-state index < -0.39 is 0 Å². The largest absolute Gasteiger partial charge is 0.380 e. The standard InChI is InChI=1S/C23H31N3O3S2/c1-3-12-29-13-9-24-23(28)20-5-4-17(2)25-22(20)18-6-10-26(11-7-18)21(27)16-31-19-8-14-30-15-19/h4-5,8,14-15,18H,3,6-7,9-13,16H2,1-2H3,(H,24,28). The molecule has 0 radical (unpaired) electrons. The summed E-state index contributed by atoms with van der Waals surface area (Å²) < 4.78 is 5.44. The SMILES string of the molecule is CCCOCCNC(=O)c1ccc(C)nc1C1CCN(C(=O)CSc2ccsc2)CC1. The minimum absolute atomic E-state index is 0.103. The first kappa shape index (κ1) is 23.8. The lowest BCUT2D eigenvalue weighted by molar-refractivity contribution is -0.129. The number of hydrogen-bond acceptors (Lipinski definition) is 6. The van der Waals surface area contributed by atoms with Crippen LogP contribution in [0.3, 0.4) is 0 Å². The summed E-state index contributed by atoms with van der Waals surface area (Å²) >= 11 is 3.24. The smallest absolute Gasteiger partial charge is 0.253 e. The molecule has 1 fully saturated rings. The number of amides is 2. The molecule has 1 saturated heterocycles. The van der Waals surface area contributed by atoms with Gasteiger partial charge < -0.3 is 15.0 Å². The molecule has 8 heteroatoms. The van der Waals surface area contributed by atoms with E-state index in [-0.39, 0.29) is 17.7 Å². The van der Waals surface area contributed by atoms with Crippen molar-refractivity contribution in [2.75, 3.05) is 38.6 Å². The monoisotopic (exact) mass is 461 g/mol. The van der Waals surface area contributed by atoms with E-state index in [9.17, 15) is 9.59 Å². The van der Waals surface area contributed by atoms with Crippen molar-refractivity contribution in [3.05, 3.63) is 45.9 Å². The fourth-order valence-corrected chi connectivity index (χ4v) is 5.31. The summed E-state index contributed by atoms with van der Waals surface area (Å²) in [6.45, 7) is 7.12. The number of hydrogen-bond donors (Lipinski definition) is 1. The average molecular weight is 462 g/mol. The Hall–Kier alpha value is -1.90. The summed E-state index contributed by atoms with van der Waals surface area (Å²) in [4.78, 5) is 33.1. The Morgan fingerprint density at radius 3 is 2.77 bits per heavy atom. The van der Waals surface area contributed by atoms with Gasteiger partial charge in [0.2, 0.25) is 5.91 Å². The first-order valence-corrected chi connectivity index (χ1v) is 12.8. The van der Waals surface area contributed by atoms with E-state index in [0.29, 0.717) is 44.2 Å². The summed E-state index contributed by atoms with van der Waals surface area (Å²) in [6, 6.07) is 5.79. The molecule has 1 aliphatic rings. The maximum Gasteiger partial charge on any atom is 0.253 e. The number of ether oxygens (including phenoxy) is 1. The van der Waals surface area contributed by atoms with Gasteiger partial charge in [-0.1, -0.05) is 6.92 Å². The van der Waals surface area contributed by atoms with E-state index in [0.717, 1.165) is 35.5 Å². The van der Waals surface area contributed by atoms with Crippen LogP contribution < -0.4 is 5.32 Å². The van der Waals surface area contributed by atoms with Gasteiger partial charge in [0, 0.05) is 48.1 Å². The molecule has 1 aliphatic heterocycles. The highest BCUT2D eigenvalue weighted by Gasteiger charge is 2.27. The molecular weight excluding hydrogens is 430 g/mol. The van der Waals surface area contributed by atoms with E-state index in [1.54, 1.807) is 23.1 Å². The van der Waals surface area contributed by atoms with Crippen molar-refractivity contribution < 1.29 is 14.3 Å². The Balaban J connectivity index is 1.54. The van der Waals surface area contributed by atoms with Crippen molar-refractivity contribution in [3.63, 3.8) is 0 Å². The topological polar surface area (TPSA) is 71.5 Å². The van der Waals surface area contributed by atoms with Crippen LogP contribution in [0, 0.1) is 6.92 Å². The van der Waals surface area contributed by atoms with Crippen LogP contribution in [-0.4, -0.2) is 60.3 Å². The van der Waals surface area contributed by atoms with Gasteiger partial charge in [0.25, 0.3) is 5.91 Å². The van der Waals surface area contributed by atoms with Crippen LogP contribution in [-0.2, 0) is 9.53 Å². The Morgan fingerprint density at radius 1 is 1.26 bits per heavy atom. The molecule has 0 atom stereocenters. The predicted octanol–water partition coefficient (Wildman–Crippen LogP) is 4.11. The van der Waals surface area contributed by atoms with Gasteiger partial charge >= 0.3 is 0 Å². The predicted molar refractivity (Wildman–Crippen MR) is 126 cm³/mol. The highest BCUT2D eigenvalue weighted by molar-refractivity contribution is 8.00. The molecule has 0 saturated carbocycles. The van der Waals surface area contributed by atoms with Gasteiger partial charge in [-0.2, -0.15) is 11.3 Å². The highest BCUT2D eigenvalue weighted by Crippen LogP contribution is 2.30. The maximum atomic E-state index is 12.7. The van der Waals surface area contributed by atoms with Gasteiger partial charge in [0.15, 0.2) is 0 Å². The summed E-state index contributed by atoms with van der Waals surface area (Å²) in [7, 11) is 0. The summed E-state index contributed by atoms with van der Waals surface area (Å²) in [5.74, 6) is 0.730. The zero-order valence-corrected chi connectivity index (χ0v) is 19.9. The number of carbonyl (C=O) groups is 2. The number of pyridine rings is 1. The third-order valence-electron chi connectivity index (χ3n) is 5.28. The molecule has 3 rings (SSSR count). The molecule has 0 spiro atoms. The first-order chi connectivity index (χ1) is 15.1. The number of rotatable bonds is 10. The number of aryl methyl sites for hydroxylation is 1. The quantitative estimate of drug-likeness (QED) is 0.426. The van der Waals surface area contributed by atoms with Crippen LogP contribution in [0.1, 0.15) is 53.8 Å². The molecule has 3 heterocycles. The van der Waals surface area contributed by atoms with Crippen LogP contribution in [0.4, 0.5) is 0 Å². The number of likely N-dealkylation sites (tertiary alicyclic amines) is 1. The molecule has 0 bridgehead atoms. The fraction of sp³-hybridized carbons (Fsp3) is 0.522. The van der Waals surface area contributed by atoms with Gasteiger partial charge in [-0.25, -0.2) is 0 Å². The first-order valence-electron chi connectivity index (χ1n) is 10.8. The molecule has 0 aliphatic carbocycles. The number of carbonyl (C=O) groups excluding carboxylic acids is 2. The number of piperidine rings is 1. The van der Waals surface area contributed by atoms with Crippen LogP contribution >= 0.6 is 23.1 Å². The van der Waals surface area contributed by atoms with Crippen molar-refractivity contribution >= 4 is 34.9 Å². The Kier molecular flexibility index (Phi) is 9.36. The van der Waals surface area contributed by atoms with Gasteiger partial charge in [-0.3, -0.25) is 14.6 Å². The molecule has 168 valence electrons. The second kappa shape index (κ2) is 12.2. The van der Waals surface area contributed by atoms with E-state index in [1.165, 1.54) is 0 Å². The Morgan fingerprint density at radius 2 is 2.06 bits per heavy atom. The van der Waals surface area contributed by atoms with Crippen LogP contribution in [0.25, 0.3) is 0 Å². The van der Waals surface area contributed by atoms with Crippen LogP contribution in [0.2, 0.25) is 0 Å². The molecule has 0 aromatic carbocycles. The summed E-state index contributed by atoms with van der Waals surface area (Å²) in [5.41, 5.74) is 2.40. The summed E-state index contributed by atoms with van der Waals surface area (Å²) in [5, 5.41) is 7.04. The molecule has 31 heavy (non-hydrogen) atoms. The molecule has 6 nitrogen and oxygen atoms in total. The lowest BCUT2D eigenvalue weighted by Gasteiger charge is -2.32. The highest BCUT2D eigenvalue weighted by atomic mass is 32.2. The number of aromatic nitrogens is 1. The van der Waals surface area contributed by atoms with Gasteiger partial charge in [-0.15, -0.1) is 11.8 Å². The third-order valence-corrected chi connectivity index (χ3v) is 7.09. The number of nitrogens with zero attached hydrogens (tertiary/aromatic N) is 2. The van der Waals surface area contributed by atoms with Crippen molar-refractivity contribution in [2.24, 2.45) is 0 Å². The molecule has 2 aromatic rings. The Labute approximate surface area is 192 Å². The summed E-state index contributed by atoms with van der Waals surface area (Å²) in [6.07, 6.45) is 2.62. The third kappa shape index (κ3) is 7.05. The van der Waals surface area contributed by atoms with Crippen molar-refractivity contribution in [1.29, 1.82) is 0 Å². The van der Waals surface area contributed by atoms with Crippen molar-refractivity contribution in [2.45, 2.75) is 43.9 Å². The Bertz CT molecular complexity index is 850. The molecule has 2 aromatic heterocycles. The van der Waals surface area contributed by atoms with E-state index >= 15 is 0 Å². The number of thiophene rings is 1. The minimum atomic E-state index is -0.103. The lowest BCUT2D eigenvalue weighted by atomic mass is 9.90. The molecule has 2 amide bonds. The zero-order valence-electron chi connectivity index (χ0n) is 18.3.